The van der Waals surface area contributed by atoms with Gasteiger partial charge in [-0.1, -0.05) is 41.9 Å². The van der Waals surface area contributed by atoms with Gasteiger partial charge in [0, 0.05) is 33.1 Å². The number of nitro groups is 1. The summed E-state index contributed by atoms with van der Waals surface area (Å²) in [5.41, 5.74) is 2.96. The number of aryl methyl sites for hydroxylation is 2. The van der Waals surface area contributed by atoms with Crippen molar-refractivity contribution in [1.82, 2.24) is 0 Å². The fourth-order valence-corrected chi connectivity index (χ4v) is 4.51. The van der Waals surface area contributed by atoms with Crippen LogP contribution in [0.1, 0.15) is 31.8 Å². The number of carbonyl (C=O) groups excluding carboxylic acids is 2. The van der Waals surface area contributed by atoms with Crippen molar-refractivity contribution >= 4 is 56.9 Å². The summed E-state index contributed by atoms with van der Waals surface area (Å²) in [5, 5.41) is 16.4. The molecule has 1 aliphatic rings. The average molecular weight is 472 g/mol. The van der Waals surface area contributed by atoms with Crippen LogP contribution >= 0.6 is 11.6 Å². The molecule has 0 aromatic heterocycles. The number of hydrogen-bond acceptors (Lipinski definition) is 5. The minimum absolute atomic E-state index is 0.106. The maximum Gasteiger partial charge on any atom is 0.294 e. The third-order valence-electron chi connectivity index (χ3n) is 5.90. The van der Waals surface area contributed by atoms with E-state index < -0.39 is 16.7 Å². The molecule has 4 aromatic carbocycles. The van der Waals surface area contributed by atoms with Crippen LogP contribution in [0.3, 0.4) is 0 Å². The molecule has 0 spiro atoms. The summed E-state index contributed by atoms with van der Waals surface area (Å²) >= 11 is 6.08. The number of amides is 2. The summed E-state index contributed by atoms with van der Waals surface area (Å²) in [5.74, 6) is -1.07. The van der Waals surface area contributed by atoms with Crippen LogP contribution in [0.25, 0.3) is 10.8 Å². The molecule has 5 rings (SSSR count). The maximum absolute atomic E-state index is 13.6. The van der Waals surface area contributed by atoms with Gasteiger partial charge in [0.1, 0.15) is 5.69 Å². The van der Waals surface area contributed by atoms with Crippen LogP contribution in [0.4, 0.5) is 22.7 Å². The monoisotopic (exact) mass is 471 g/mol. The van der Waals surface area contributed by atoms with Gasteiger partial charge in [-0.3, -0.25) is 19.7 Å². The van der Waals surface area contributed by atoms with Crippen LogP contribution in [0.2, 0.25) is 5.02 Å². The first-order valence-electron chi connectivity index (χ1n) is 10.5. The van der Waals surface area contributed by atoms with Gasteiger partial charge in [-0.25, -0.2) is 4.90 Å². The van der Waals surface area contributed by atoms with Crippen molar-refractivity contribution in [2.24, 2.45) is 0 Å². The highest BCUT2D eigenvalue weighted by Gasteiger charge is 2.37. The molecule has 0 saturated heterocycles. The predicted octanol–water partition coefficient (Wildman–Crippen LogP) is 6.56. The number of nitrogens with zero attached hydrogens (tertiary/aromatic N) is 2. The first-order chi connectivity index (χ1) is 16.3. The lowest BCUT2D eigenvalue weighted by Gasteiger charge is -2.29. The van der Waals surface area contributed by atoms with Crippen molar-refractivity contribution in [3.8, 4) is 0 Å². The number of nitro benzene ring substituents is 1. The number of carbonyl (C=O) groups is 2. The first kappa shape index (κ1) is 21.6. The molecule has 0 radical (unpaired) electrons. The summed E-state index contributed by atoms with van der Waals surface area (Å²) in [4.78, 5) is 39.8. The van der Waals surface area contributed by atoms with Gasteiger partial charge in [-0.15, -0.1) is 0 Å². The van der Waals surface area contributed by atoms with Gasteiger partial charge in [0.2, 0.25) is 0 Å². The van der Waals surface area contributed by atoms with E-state index in [0.717, 1.165) is 16.0 Å². The lowest BCUT2D eigenvalue weighted by Crippen LogP contribution is -2.41. The summed E-state index contributed by atoms with van der Waals surface area (Å²) in [6.07, 6.45) is 0. The Morgan fingerprint density at radius 3 is 2.38 bits per heavy atom. The summed E-state index contributed by atoms with van der Waals surface area (Å²) in [6, 6.07) is 18.5. The lowest BCUT2D eigenvalue weighted by molar-refractivity contribution is -0.383. The van der Waals surface area contributed by atoms with Crippen LogP contribution < -0.4 is 10.2 Å². The second-order valence-electron chi connectivity index (χ2n) is 8.17. The highest BCUT2D eigenvalue weighted by Crippen LogP contribution is 2.43. The van der Waals surface area contributed by atoms with Gasteiger partial charge in [-0.2, -0.15) is 0 Å². The van der Waals surface area contributed by atoms with Crippen LogP contribution in [-0.2, 0) is 0 Å². The minimum Gasteiger partial charge on any atom is -0.349 e. The SMILES string of the molecule is Cc1ccc(C)c(N2C(=O)c3cccc4c(Nc5cccc(Cl)c5)c([N+](=O)[O-])cc(c34)C2=O)c1. The zero-order valence-electron chi connectivity index (χ0n) is 18.3. The number of nitrogens with one attached hydrogen (secondary N) is 1. The van der Waals surface area contributed by atoms with Gasteiger partial charge < -0.3 is 5.32 Å². The number of anilines is 3. The van der Waals surface area contributed by atoms with E-state index in [0.29, 0.717) is 32.7 Å². The Bertz CT molecular complexity index is 1550. The molecule has 0 unspecified atom stereocenters. The quantitative estimate of drug-likeness (QED) is 0.206. The minimum atomic E-state index is -0.597. The number of imide groups is 1. The molecular formula is C26H18ClN3O4. The van der Waals surface area contributed by atoms with Crippen LogP contribution in [-0.4, -0.2) is 16.7 Å². The van der Waals surface area contributed by atoms with Crippen molar-refractivity contribution in [3.63, 3.8) is 0 Å². The molecule has 1 N–H and O–H groups in total. The van der Waals surface area contributed by atoms with Crippen LogP contribution in [0.5, 0.6) is 0 Å². The van der Waals surface area contributed by atoms with E-state index in [2.05, 4.69) is 5.32 Å². The predicted molar refractivity (Wildman–Crippen MR) is 132 cm³/mol. The van der Waals surface area contributed by atoms with E-state index in [4.69, 9.17) is 11.6 Å². The lowest BCUT2D eigenvalue weighted by atomic mass is 9.91. The fourth-order valence-electron chi connectivity index (χ4n) is 4.31. The normalized spacial score (nSPS) is 12.9. The van der Waals surface area contributed by atoms with Crippen molar-refractivity contribution in [2.45, 2.75) is 13.8 Å². The summed E-state index contributed by atoms with van der Waals surface area (Å²) in [7, 11) is 0. The Labute approximate surface area is 199 Å². The molecule has 0 aliphatic carbocycles. The molecule has 0 bridgehead atoms. The second kappa shape index (κ2) is 7.97. The molecule has 8 heteroatoms. The Morgan fingerprint density at radius 1 is 0.912 bits per heavy atom. The highest BCUT2D eigenvalue weighted by molar-refractivity contribution is 6.37. The van der Waals surface area contributed by atoms with Crippen molar-refractivity contribution in [3.05, 3.63) is 104 Å². The molecule has 168 valence electrons. The Balaban J connectivity index is 1.77. The van der Waals surface area contributed by atoms with Crippen molar-refractivity contribution in [1.29, 1.82) is 0 Å². The number of hydrogen-bond donors (Lipinski definition) is 1. The molecule has 7 nitrogen and oxygen atoms in total. The highest BCUT2D eigenvalue weighted by atomic mass is 35.5. The van der Waals surface area contributed by atoms with E-state index in [9.17, 15) is 19.7 Å². The van der Waals surface area contributed by atoms with Crippen molar-refractivity contribution < 1.29 is 14.5 Å². The number of halogens is 1. The fraction of sp³-hybridized carbons (Fsp3) is 0.0769. The Hall–Kier alpha value is -4.23. The van der Waals surface area contributed by atoms with Gasteiger partial charge in [0.05, 0.1) is 16.2 Å². The van der Waals surface area contributed by atoms with Gasteiger partial charge in [0.25, 0.3) is 17.5 Å². The topological polar surface area (TPSA) is 92.6 Å². The average Bonchev–Trinajstić information content (AvgIpc) is 2.80. The molecule has 4 aromatic rings. The second-order valence-corrected chi connectivity index (χ2v) is 8.61. The van der Waals surface area contributed by atoms with Crippen LogP contribution in [0, 0.1) is 24.0 Å². The zero-order chi connectivity index (χ0) is 24.1. The smallest absolute Gasteiger partial charge is 0.294 e. The Kier molecular flexibility index (Phi) is 5.06. The van der Waals surface area contributed by atoms with E-state index in [-0.39, 0.29) is 16.9 Å². The molecule has 1 heterocycles. The Morgan fingerprint density at radius 2 is 1.65 bits per heavy atom. The van der Waals surface area contributed by atoms with Crippen molar-refractivity contribution in [2.75, 3.05) is 10.2 Å². The van der Waals surface area contributed by atoms with E-state index in [1.165, 1.54) is 6.07 Å². The summed E-state index contributed by atoms with van der Waals surface area (Å²) < 4.78 is 0. The van der Waals surface area contributed by atoms with Gasteiger partial charge >= 0.3 is 0 Å². The molecular weight excluding hydrogens is 454 g/mol. The van der Waals surface area contributed by atoms with E-state index >= 15 is 0 Å². The molecule has 34 heavy (non-hydrogen) atoms. The zero-order valence-corrected chi connectivity index (χ0v) is 19.0. The molecule has 0 fully saturated rings. The van der Waals surface area contributed by atoms with Gasteiger partial charge in [0.15, 0.2) is 0 Å². The van der Waals surface area contributed by atoms with Crippen LogP contribution in [0.15, 0.2) is 66.7 Å². The largest absolute Gasteiger partial charge is 0.349 e. The standard InChI is InChI=1S/C26H18ClN3O4/c1-14-9-10-15(2)21(11-14)29-25(31)19-8-4-7-18-23(19)20(26(29)32)13-22(30(33)34)24(18)28-17-6-3-5-16(27)12-17/h3-13,28H,1-2H3. The number of benzene rings is 4. The first-order valence-corrected chi connectivity index (χ1v) is 10.9. The summed E-state index contributed by atoms with van der Waals surface area (Å²) in [6.45, 7) is 3.68. The third-order valence-corrected chi connectivity index (χ3v) is 6.14. The van der Waals surface area contributed by atoms with Gasteiger partial charge in [-0.05, 0) is 55.3 Å². The maximum atomic E-state index is 13.6. The van der Waals surface area contributed by atoms with E-state index in [1.54, 1.807) is 48.5 Å². The third kappa shape index (κ3) is 3.38. The number of rotatable bonds is 4. The van der Waals surface area contributed by atoms with E-state index in [1.807, 2.05) is 26.0 Å². The molecule has 0 atom stereocenters. The molecule has 0 saturated carbocycles. The molecule has 2 amide bonds. The molecule has 1 aliphatic heterocycles.